The summed E-state index contributed by atoms with van der Waals surface area (Å²) in [5, 5.41) is 0. The van der Waals surface area contributed by atoms with Crippen LogP contribution in [0.1, 0.15) is 159 Å². The highest BCUT2D eigenvalue weighted by atomic mass is 19.4. The van der Waals surface area contributed by atoms with Crippen molar-refractivity contribution in [3.63, 3.8) is 0 Å². The van der Waals surface area contributed by atoms with Gasteiger partial charge >= 0.3 is 48.2 Å². The zero-order valence-corrected chi connectivity index (χ0v) is 56.5. The lowest BCUT2D eigenvalue weighted by molar-refractivity contribution is -0.163. The fraction of sp³-hybridized carbons (Fsp3) is 0.359. The molecule has 0 N–H and O–H groups in total. The first-order valence-electron chi connectivity index (χ1n) is 33.1. The quantitative estimate of drug-likeness (QED) is 0.00913. The first-order valence-corrected chi connectivity index (χ1v) is 33.1. The Morgan fingerprint density at radius 1 is 0.406 bits per heavy atom. The molecule has 0 saturated heterocycles. The van der Waals surface area contributed by atoms with Gasteiger partial charge in [0, 0.05) is 36.4 Å². The number of unbranched alkanes of at least 4 members (excludes halogenated alkanes) is 9. The fourth-order valence-corrected chi connectivity index (χ4v) is 10.1. The average Bonchev–Trinajstić information content (AvgIpc) is 0.759. The molecule has 0 heterocycles. The van der Waals surface area contributed by atoms with Crippen molar-refractivity contribution in [3.05, 3.63) is 217 Å². The van der Waals surface area contributed by atoms with Crippen LogP contribution in [0, 0.1) is 24.5 Å². The van der Waals surface area contributed by atoms with Crippen molar-refractivity contribution in [2.24, 2.45) is 5.92 Å². The molecule has 0 unspecified atom stereocenters. The molecule has 6 aromatic carbocycles. The van der Waals surface area contributed by atoms with Crippen LogP contribution in [0.25, 0.3) is 11.1 Å². The minimum atomic E-state index is -5.88. The van der Waals surface area contributed by atoms with E-state index in [1.165, 1.54) is 60.1 Å². The third-order valence-electron chi connectivity index (χ3n) is 15.6. The summed E-state index contributed by atoms with van der Waals surface area (Å²) in [5.41, 5.74) is -1.98. The van der Waals surface area contributed by atoms with Gasteiger partial charge in [-0.15, -0.1) is 0 Å². The maximum atomic E-state index is 14.9. The summed E-state index contributed by atoms with van der Waals surface area (Å²) >= 11 is 0. The summed E-state index contributed by atoms with van der Waals surface area (Å²) < 4.78 is 161. The number of halogens is 8. The second kappa shape index (κ2) is 42.8. The molecular weight excluding hydrogens is 1330 g/mol. The number of rotatable bonds is 35. The molecule has 1 aliphatic rings. The summed E-state index contributed by atoms with van der Waals surface area (Å²) in [4.78, 5) is 69.5. The van der Waals surface area contributed by atoms with Crippen LogP contribution in [-0.4, -0.2) is 75.5 Å². The van der Waals surface area contributed by atoms with Gasteiger partial charge in [-0.05, 0) is 186 Å². The SMILES string of the molecule is C=CC(=O)OCCCCCCOc1ccc(-c2ccc(C)cc2)cc1.C=CC(=O)OCCCCCCOc1ccc(C(=O)Oc2ccc(OC(=O)c3ccc(OCCCCCCOC(=O)C=C)cc3F)c(C(F)(F)F)c2C(F)(F)F)c(F)c1.C=CC(=O)Oc1ccc(C2CCC(C)CC2)cc1. The van der Waals surface area contributed by atoms with Crippen molar-refractivity contribution in [1.82, 2.24) is 0 Å². The van der Waals surface area contributed by atoms with Gasteiger partial charge in [-0.3, -0.25) is 0 Å². The number of hydrogen-bond donors (Lipinski definition) is 0. The van der Waals surface area contributed by atoms with Gasteiger partial charge in [-0.2, -0.15) is 26.3 Å². The number of hydrogen-bond acceptors (Lipinski definition) is 15. The Hall–Kier alpha value is -10.1. The highest BCUT2D eigenvalue weighted by molar-refractivity contribution is 5.93. The second-order valence-electron chi connectivity index (χ2n) is 23.3. The molecule has 7 rings (SSSR count). The third-order valence-corrected chi connectivity index (χ3v) is 15.6. The van der Waals surface area contributed by atoms with Crippen molar-refractivity contribution in [2.45, 2.75) is 135 Å². The van der Waals surface area contributed by atoms with Crippen LogP contribution >= 0.6 is 0 Å². The van der Waals surface area contributed by atoms with Gasteiger partial charge < -0.3 is 42.6 Å². The second-order valence-corrected chi connectivity index (χ2v) is 23.3. The minimum Gasteiger partial charge on any atom is -0.494 e. The van der Waals surface area contributed by atoms with Crippen LogP contribution in [-0.2, 0) is 45.7 Å². The molecule has 1 fully saturated rings. The molecule has 0 atom stereocenters. The molecule has 0 bridgehead atoms. The van der Waals surface area contributed by atoms with Gasteiger partial charge in [-0.1, -0.05) is 100 Å². The Bertz CT molecular complexity index is 3530. The predicted molar refractivity (Wildman–Crippen MR) is 364 cm³/mol. The topological polar surface area (TPSA) is 185 Å². The molecule has 101 heavy (non-hydrogen) atoms. The van der Waals surface area contributed by atoms with Crippen LogP contribution < -0.4 is 28.4 Å². The third kappa shape index (κ3) is 29.4. The van der Waals surface area contributed by atoms with Crippen LogP contribution in [0.5, 0.6) is 34.5 Å². The molecule has 6 aromatic rings. The molecule has 0 aromatic heterocycles. The number of aryl methyl sites for hydroxylation is 1. The molecule has 15 nitrogen and oxygen atoms in total. The maximum Gasteiger partial charge on any atom is 0.420 e. The highest BCUT2D eigenvalue weighted by Crippen LogP contribution is 2.49. The monoisotopic (exact) mass is 1410 g/mol. The Morgan fingerprint density at radius 2 is 0.743 bits per heavy atom. The molecule has 23 heteroatoms. The summed E-state index contributed by atoms with van der Waals surface area (Å²) in [7, 11) is 0. The molecule has 1 saturated carbocycles. The van der Waals surface area contributed by atoms with Crippen LogP contribution in [0.4, 0.5) is 35.1 Å². The van der Waals surface area contributed by atoms with Crippen LogP contribution in [0.15, 0.2) is 172 Å². The largest absolute Gasteiger partial charge is 0.494 e. The van der Waals surface area contributed by atoms with Crippen LogP contribution in [0.2, 0.25) is 0 Å². The number of benzene rings is 6. The first-order chi connectivity index (χ1) is 48.3. The van der Waals surface area contributed by atoms with E-state index in [9.17, 15) is 63.9 Å². The van der Waals surface area contributed by atoms with Gasteiger partial charge in [0.05, 0.1) is 50.8 Å². The zero-order valence-electron chi connectivity index (χ0n) is 56.5. The predicted octanol–water partition coefficient (Wildman–Crippen LogP) is 19.2. The van der Waals surface area contributed by atoms with E-state index >= 15 is 0 Å². The van der Waals surface area contributed by atoms with E-state index in [2.05, 4.69) is 98.2 Å². The molecule has 0 amide bonds. The normalized spacial score (nSPS) is 13.2. The van der Waals surface area contributed by atoms with E-state index in [4.69, 9.17) is 33.2 Å². The van der Waals surface area contributed by atoms with E-state index in [0.717, 1.165) is 85.9 Å². The lowest BCUT2D eigenvalue weighted by atomic mass is 9.79. The number of esters is 6. The summed E-state index contributed by atoms with van der Waals surface area (Å²) in [6, 6.07) is 30.4. The Labute approximate surface area is 583 Å². The highest BCUT2D eigenvalue weighted by Gasteiger charge is 2.49. The Kier molecular flexibility index (Phi) is 34.6. The maximum absolute atomic E-state index is 14.9. The summed E-state index contributed by atoms with van der Waals surface area (Å²) in [6.45, 7) is 19.5. The number of alkyl halides is 6. The van der Waals surface area contributed by atoms with E-state index in [-0.39, 0.29) is 56.0 Å². The summed E-state index contributed by atoms with van der Waals surface area (Å²) in [6.07, 6.45) is 6.66. The van der Waals surface area contributed by atoms with Gasteiger partial charge in [0.25, 0.3) is 0 Å². The zero-order chi connectivity index (χ0) is 73.7. The molecule has 1 aliphatic carbocycles. The number of carbonyl (C=O) groups excluding carboxylic acids is 6. The van der Waals surface area contributed by atoms with Crippen molar-refractivity contribution in [1.29, 1.82) is 0 Å². The van der Waals surface area contributed by atoms with Gasteiger partial charge in [0.2, 0.25) is 0 Å². The molecule has 542 valence electrons. The molecule has 0 radical (unpaired) electrons. The molecule has 0 aliphatic heterocycles. The first kappa shape index (κ1) is 81.6. The van der Waals surface area contributed by atoms with Gasteiger partial charge in [0.1, 0.15) is 57.3 Å². The Balaban J connectivity index is 0.000000344. The lowest BCUT2D eigenvalue weighted by Gasteiger charge is -2.26. The van der Waals surface area contributed by atoms with Crippen LogP contribution in [0.3, 0.4) is 0 Å². The molecular formula is C78H84F8O15. The van der Waals surface area contributed by atoms with Gasteiger partial charge in [-0.25, -0.2) is 37.5 Å². The van der Waals surface area contributed by atoms with Crippen molar-refractivity contribution in [2.75, 3.05) is 39.6 Å². The number of ether oxygens (including phenoxy) is 9. The van der Waals surface area contributed by atoms with Crippen molar-refractivity contribution in [3.8, 4) is 45.6 Å². The van der Waals surface area contributed by atoms with Gasteiger partial charge in [0.15, 0.2) is 0 Å². The summed E-state index contributed by atoms with van der Waals surface area (Å²) in [5.74, 6) is -8.55. The minimum absolute atomic E-state index is 0.0666. The van der Waals surface area contributed by atoms with E-state index in [1.807, 2.05) is 24.3 Å². The molecule has 0 spiro atoms. The number of carbonyl (C=O) groups is 6. The Morgan fingerprint density at radius 3 is 1.10 bits per heavy atom. The van der Waals surface area contributed by atoms with Crippen molar-refractivity contribution < 1.29 is 107 Å². The van der Waals surface area contributed by atoms with E-state index in [0.29, 0.717) is 76.2 Å². The lowest BCUT2D eigenvalue weighted by Crippen LogP contribution is -2.23. The smallest absolute Gasteiger partial charge is 0.420 e. The fourth-order valence-electron chi connectivity index (χ4n) is 10.1. The average molecular weight is 1410 g/mol. The van der Waals surface area contributed by atoms with E-state index < -0.39 is 87.6 Å². The van der Waals surface area contributed by atoms with Crippen molar-refractivity contribution >= 4 is 35.8 Å². The van der Waals surface area contributed by atoms with E-state index in [1.54, 1.807) is 0 Å². The standard InChI is InChI=1S/C40H38F8O10.C22H26O3.C16H20O2/c1-3-33(49)55-21-11-7-5-9-19-53-25-13-15-27(29(41)23-25)37(51)57-31-17-18-32(36(40(46,47)48)35(31)39(43,44)45)58-38(52)28-16-14-26(24-30(28)42)54-20-10-6-8-12-22-56-34(50)4-2;1-3-22(23)25-17-7-5-4-6-16-24-21-14-12-20(13-15-21)19-10-8-18(2)9-11-19;1-3-16(17)18-15-10-8-14(9-11-15)13-6-4-12(2)5-7-13/h3-4,13-18,23-24H,1-2,5-12,19-22H2;3,8-15H,1,4-7,16-17H2,2H3;3,8-13H,1,4-7H2,2H3.